The van der Waals surface area contributed by atoms with Gasteiger partial charge in [0.05, 0.1) is 23.5 Å². The van der Waals surface area contributed by atoms with E-state index >= 15 is 0 Å². The smallest absolute Gasteiger partial charge is 0.255 e. The lowest BCUT2D eigenvalue weighted by Gasteiger charge is -2.38. The summed E-state index contributed by atoms with van der Waals surface area (Å²) in [5.74, 6) is 0.290. The van der Waals surface area contributed by atoms with Crippen molar-refractivity contribution in [3.63, 3.8) is 0 Å². The zero-order valence-corrected chi connectivity index (χ0v) is 35.2. The molecule has 3 aromatic rings. The van der Waals surface area contributed by atoms with E-state index in [1.54, 1.807) is 11.1 Å². The standard InChI is InChI=1S/C47H53ClN8O5/c48-39-27-49-47(52-43(39)35-8-4-7-33(25-35)30-5-2-1-3-6-30)50-37-17-23-55(24-18-37)45(60)32-13-19-53(20-14-32)29-42(58)54-21-15-31(16-22-54)34-9-10-38-36(26-34)28-56(46(38)61)40-11-12-41(57)51-44(40)59/h2,4-10,25-27,31-32,37,40H,1,3,11-24,28-29H2,(H,49,50,52)(H,51,57,59). The van der Waals surface area contributed by atoms with Crippen LogP contribution in [0.25, 0.3) is 16.8 Å². The van der Waals surface area contributed by atoms with Gasteiger partial charge in [-0.1, -0.05) is 60.2 Å². The van der Waals surface area contributed by atoms with E-state index in [1.807, 2.05) is 34.1 Å². The summed E-state index contributed by atoms with van der Waals surface area (Å²) in [6.07, 6.45) is 15.8. The highest BCUT2D eigenvalue weighted by Gasteiger charge is 2.40. The van der Waals surface area contributed by atoms with Gasteiger partial charge < -0.3 is 20.0 Å². The molecule has 4 saturated heterocycles. The Hall–Kier alpha value is -5.40. The Morgan fingerprint density at radius 3 is 2.38 bits per heavy atom. The number of imide groups is 1. The van der Waals surface area contributed by atoms with Crippen molar-refractivity contribution in [2.75, 3.05) is 51.1 Å². The van der Waals surface area contributed by atoms with Crippen LogP contribution in [-0.4, -0.2) is 117 Å². The van der Waals surface area contributed by atoms with Gasteiger partial charge in [0.25, 0.3) is 5.91 Å². The highest BCUT2D eigenvalue weighted by atomic mass is 35.5. The molecule has 0 saturated carbocycles. The maximum atomic E-state index is 13.6. The predicted octanol–water partition coefficient (Wildman–Crippen LogP) is 5.81. The first kappa shape index (κ1) is 41.0. The Morgan fingerprint density at radius 2 is 1.62 bits per heavy atom. The fourth-order valence-electron chi connectivity index (χ4n) is 9.94. The van der Waals surface area contributed by atoms with E-state index in [9.17, 15) is 24.0 Å². The normalized spacial score (nSPS) is 22.0. The Kier molecular flexibility index (Phi) is 12.0. The van der Waals surface area contributed by atoms with Gasteiger partial charge in [-0.25, -0.2) is 9.97 Å². The number of allylic oxidation sites excluding steroid dienone is 4. The Morgan fingerprint density at radius 1 is 0.852 bits per heavy atom. The van der Waals surface area contributed by atoms with Crippen LogP contribution in [0.2, 0.25) is 5.02 Å². The molecule has 1 aliphatic carbocycles. The molecule has 318 valence electrons. The molecular weight excluding hydrogens is 792 g/mol. The summed E-state index contributed by atoms with van der Waals surface area (Å²) < 4.78 is 0. The van der Waals surface area contributed by atoms with Crippen molar-refractivity contribution in [2.45, 2.75) is 88.8 Å². The molecule has 1 unspecified atom stereocenters. The van der Waals surface area contributed by atoms with Crippen molar-refractivity contribution >= 4 is 52.7 Å². The van der Waals surface area contributed by atoms with Gasteiger partial charge in [-0.15, -0.1) is 0 Å². The van der Waals surface area contributed by atoms with Crippen LogP contribution in [0.4, 0.5) is 5.95 Å². The van der Waals surface area contributed by atoms with Crippen LogP contribution < -0.4 is 10.6 Å². The fraction of sp³-hybridized carbons (Fsp3) is 0.468. The second kappa shape index (κ2) is 17.9. The van der Waals surface area contributed by atoms with Crippen molar-refractivity contribution in [2.24, 2.45) is 5.92 Å². The zero-order chi connectivity index (χ0) is 42.0. The third-order valence-electron chi connectivity index (χ3n) is 13.5. The van der Waals surface area contributed by atoms with E-state index in [-0.39, 0.29) is 47.9 Å². The molecule has 5 aliphatic heterocycles. The highest BCUT2D eigenvalue weighted by Crippen LogP contribution is 2.35. The zero-order valence-electron chi connectivity index (χ0n) is 34.5. The molecule has 9 rings (SSSR count). The summed E-state index contributed by atoms with van der Waals surface area (Å²) in [6.45, 7) is 4.91. The summed E-state index contributed by atoms with van der Waals surface area (Å²) in [5.41, 5.74) is 6.68. The highest BCUT2D eigenvalue weighted by molar-refractivity contribution is 6.33. The van der Waals surface area contributed by atoms with E-state index in [0.29, 0.717) is 67.9 Å². The third-order valence-corrected chi connectivity index (χ3v) is 13.8. The van der Waals surface area contributed by atoms with Gasteiger partial charge in [0, 0.05) is 62.2 Å². The number of fused-ring (bicyclic) bond motifs is 1. The number of carbonyl (C=O) groups excluding carboxylic acids is 5. The minimum Gasteiger partial charge on any atom is -0.351 e. The van der Waals surface area contributed by atoms with E-state index in [4.69, 9.17) is 16.6 Å². The SMILES string of the molecule is O=C1CCC(N2Cc3cc(C4CCN(C(=O)CN5CCC(C(=O)N6CCC(Nc7ncc(Cl)c(-c8cccc(C9=CCCC=C9)c8)n7)CC6)CC5)CC4)ccc3C2=O)C(=O)N1. The number of anilines is 1. The fourth-order valence-corrected chi connectivity index (χ4v) is 10.1. The lowest BCUT2D eigenvalue weighted by Crippen LogP contribution is -2.52. The number of hydrogen-bond acceptors (Lipinski definition) is 9. The number of piperidine rings is 4. The quantitative estimate of drug-likeness (QED) is 0.255. The van der Waals surface area contributed by atoms with Crippen LogP contribution in [-0.2, 0) is 25.7 Å². The monoisotopic (exact) mass is 844 g/mol. The molecule has 5 amide bonds. The predicted molar refractivity (Wildman–Crippen MR) is 232 cm³/mol. The molecule has 1 atom stereocenters. The van der Waals surface area contributed by atoms with Crippen LogP contribution in [0.1, 0.15) is 97.2 Å². The summed E-state index contributed by atoms with van der Waals surface area (Å²) in [5, 5.41) is 6.37. The molecule has 2 aromatic carbocycles. The minimum atomic E-state index is -0.627. The Bertz CT molecular complexity index is 2270. The molecule has 2 N–H and O–H groups in total. The lowest BCUT2D eigenvalue weighted by atomic mass is 9.88. The summed E-state index contributed by atoms with van der Waals surface area (Å²) in [6, 6.07) is 13.8. The summed E-state index contributed by atoms with van der Waals surface area (Å²) in [4.78, 5) is 81.4. The maximum absolute atomic E-state index is 13.6. The molecule has 14 heteroatoms. The molecule has 13 nitrogen and oxygen atoms in total. The van der Waals surface area contributed by atoms with E-state index in [1.165, 1.54) is 5.57 Å². The first-order chi connectivity index (χ1) is 29.7. The van der Waals surface area contributed by atoms with Crippen molar-refractivity contribution in [3.8, 4) is 11.3 Å². The molecule has 4 fully saturated rings. The van der Waals surface area contributed by atoms with Crippen molar-refractivity contribution in [1.29, 1.82) is 0 Å². The Balaban J connectivity index is 0.701. The molecular formula is C47H53ClN8O5. The number of hydrogen-bond donors (Lipinski definition) is 2. The van der Waals surface area contributed by atoms with Gasteiger partial charge >= 0.3 is 0 Å². The van der Waals surface area contributed by atoms with Gasteiger partial charge in [0.2, 0.25) is 29.6 Å². The molecule has 6 aliphatic rings. The van der Waals surface area contributed by atoms with Gasteiger partial charge in [-0.3, -0.25) is 34.2 Å². The van der Waals surface area contributed by atoms with Gasteiger partial charge in [-0.2, -0.15) is 0 Å². The second-order valence-corrected chi connectivity index (χ2v) is 17.8. The van der Waals surface area contributed by atoms with Gasteiger partial charge in [0.15, 0.2) is 0 Å². The first-order valence-corrected chi connectivity index (χ1v) is 22.4. The summed E-state index contributed by atoms with van der Waals surface area (Å²) >= 11 is 6.61. The topological polar surface area (TPSA) is 148 Å². The van der Waals surface area contributed by atoms with Gasteiger partial charge in [0.1, 0.15) is 6.04 Å². The van der Waals surface area contributed by atoms with E-state index < -0.39 is 11.9 Å². The number of nitrogens with one attached hydrogen (secondary N) is 2. The third kappa shape index (κ3) is 8.99. The van der Waals surface area contributed by atoms with Crippen LogP contribution in [0.5, 0.6) is 0 Å². The van der Waals surface area contributed by atoms with E-state index in [0.717, 1.165) is 86.7 Å². The average Bonchev–Trinajstić information content (AvgIpc) is 3.62. The molecule has 0 spiro atoms. The van der Waals surface area contributed by atoms with Crippen LogP contribution in [0, 0.1) is 5.92 Å². The maximum Gasteiger partial charge on any atom is 0.255 e. The number of nitrogens with zero attached hydrogens (tertiary/aromatic N) is 6. The number of rotatable bonds is 9. The minimum absolute atomic E-state index is 0.0249. The van der Waals surface area contributed by atoms with Crippen LogP contribution in [0.3, 0.4) is 0 Å². The number of carbonyl (C=O) groups is 5. The molecule has 0 bridgehead atoms. The molecule has 61 heavy (non-hydrogen) atoms. The molecule has 1 aromatic heterocycles. The van der Waals surface area contributed by atoms with Crippen molar-refractivity contribution < 1.29 is 24.0 Å². The molecule has 6 heterocycles. The van der Waals surface area contributed by atoms with Gasteiger partial charge in [-0.05, 0) is 111 Å². The number of likely N-dealkylation sites (tertiary alicyclic amines) is 3. The largest absolute Gasteiger partial charge is 0.351 e. The van der Waals surface area contributed by atoms with Crippen molar-refractivity contribution in [1.82, 2.24) is 34.9 Å². The molecule has 0 radical (unpaired) electrons. The number of benzene rings is 2. The number of aromatic nitrogens is 2. The summed E-state index contributed by atoms with van der Waals surface area (Å²) in [7, 11) is 0. The van der Waals surface area contributed by atoms with E-state index in [2.05, 4.69) is 56.9 Å². The number of halogens is 1. The van der Waals surface area contributed by atoms with Crippen LogP contribution >= 0.6 is 11.6 Å². The second-order valence-electron chi connectivity index (χ2n) is 17.4. The number of amides is 5. The first-order valence-electron chi connectivity index (χ1n) is 22.0. The van der Waals surface area contributed by atoms with Crippen molar-refractivity contribution in [3.05, 3.63) is 94.2 Å². The lowest BCUT2D eigenvalue weighted by molar-refractivity contribution is -0.139. The average molecular weight is 845 g/mol. The van der Waals surface area contributed by atoms with Crippen LogP contribution in [0.15, 0.2) is 66.9 Å². The Labute approximate surface area is 361 Å².